The van der Waals surface area contributed by atoms with Gasteiger partial charge in [-0.25, -0.2) is 0 Å². The van der Waals surface area contributed by atoms with Gasteiger partial charge in [0.25, 0.3) is 0 Å². The van der Waals surface area contributed by atoms with Crippen LogP contribution >= 0.6 is 0 Å². The third kappa shape index (κ3) is 1.83. The smallest absolute Gasteiger partial charge is 0.348 e. The van der Waals surface area contributed by atoms with Crippen LogP contribution in [0.5, 0.6) is 5.75 Å². The normalized spacial score (nSPS) is 9.18. The summed E-state index contributed by atoms with van der Waals surface area (Å²) in [5.74, 6) is 0.718. The quantitative estimate of drug-likeness (QED) is 0.462. The Bertz CT molecular complexity index is 253. The van der Waals surface area contributed by atoms with Crippen LogP contribution in [-0.2, 0) is 0 Å². The first-order chi connectivity index (χ1) is 5.24. The van der Waals surface area contributed by atoms with Crippen LogP contribution in [0.25, 0.3) is 0 Å². The molecule has 0 spiro atoms. The maximum atomic E-state index is 10.8. The van der Waals surface area contributed by atoms with Crippen molar-refractivity contribution in [2.75, 3.05) is 0 Å². The summed E-state index contributed by atoms with van der Waals surface area (Å²) in [6, 6.07) is 6.85. The zero-order valence-corrected chi connectivity index (χ0v) is 6.33. The molecule has 0 fully saturated rings. The van der Waals surface area contributed by atoms with E-state index in [1.54, 1.807) is 24.3 Å². The summed E-state index contributed by atoms with van der Waals surface area (Å²) in [6.45, 7) is 1.53. The van der Waals surface area contributed by atoms with Crippen molar-refractivity contribution in [1.29, 1.82) is 0 Å². The van der Waals surface area contributed by atoms with Gasteiger partial charge < -0.3 is 4.65 Å². The van der Waals surface area contributed by atoms with E-state index in [2.05, 4.69) is 12.7 Å². The van der Waals surface area contributed by atoms with Crippen LogP contribution in [0.15, 0.2) is 24.3 Å². The second kappa shape index (κ2) is 3.24. The maximum Gasteiger partial charge on any atom is 0.348 e. The molecule has 1 rings (SSSR count). The van der Waals surface area contributed by atoms with Crippen molar-refractivity contribution in [3.05, 3.63) is 29.8 Å². The standard InChI is InChI=1S/C8H8BO2/c1-6(10)7-2-4-8(11-9)5-3-7/h2-5,9H,1H3. The SMILES string of the molecule is [BH]Oc1ccc(C(C)=O)cc1. The molecule has 1 aromatic carbocycles. The molecule has 0 N–H and O–H groups in total. The highest BCUT2D eigenvalue weighted by Crippen LogP contribution is 2.10. The fraction of sp³-hybridized carbons (Fsp3) is 0.125. The summed E-state index contributed by atoms with van der Waals surface area (Å²) in [4.78, 5) is 10.8. The zero-order chi connectivity index (χ0) is 8.27. The monoisotopic (exact) mass is 147 g/mol. The fourth-order valence-corrected chi connectivity index (χ4v) is 0.786. The number of hydrogen-bond acceptors (Lipinski definition) is 2. The number of carbonyl (C=O) groups is 1. The largest absolute Gasteiger partial charge is 0.567 e. The minimum Gasteiger partial charge on any atom is -0.567 e. The topological polar surface area (TPSA) is 26.3 Å². The molecule has 0 aromatic heterocycles. The van der Waals surface area contributed by atoms with Gasteiger partial charge in [-0.3, -0.25) is 4.79 Å². The number of hydrogen-bond donors (Lipinski definition) is 0. The Morgan fingerprint density at radius 2 is 1.91 bits per heavy atom. The molecule has 0 amide bonds. The van der Waals surface area contributed by atoms with Gasteiger partial charge in [0.2, 0.25) is 0 Å². The van der Waals surface area contributed by atoms with Gasteiger partial charge >= 0.3 is 8.05 Å². The molecule has 0 atom stereocenters. The summed E-state index contributed by atoms with van der Waals surface area (Å²) in [5.41, 5.74) is 0.686. The van der Waals surface area contributed by atoms with Crippen molar-refractivity contribution in [3.8, 4) is 5.75 Å². The lowest BCUT2D eigenvalue weighted by molar-refractivity contribution is 0.101. The first kappa shape index (κ1) is 7.86. The Kier molecular flexibility index (Phi) is 2.31. The molecule has 0 aliphatic carbocycles. The summed E-state index contributed by atoms with van der Waals surface area (Å²) in [7, 11) is 3.25. The molecule has 0 saturated carbocycles. The Morgan fingerprint density at radius 1 is 1.36 bits per heavy atom. The molecular formula is C8H8BO2. The number of Topliss-reactive ketones (excluding diaryl/α,β-unsaturated/α-hetero) is 1. The molecule has 0 saturated heterocycles. The molecule has 1 aromatic rings. The summed E-state index contributed by atoms with van der Waals surface area (Å²) < 4.78 is 4.69. The van der Waals surface area contributed by atoms with E-state index in [0.29, 0.717) is 11.3 Å². The lowest BCUT2D eigenvalue weighted by Crippen LogP contribution is -1.91. The van der Waals surface area contributed by atoms with Crippen molar-refractivity contribution in [3.63, 3.8) is 0 Å². The Hall–Kier alpha value is -1.25. The Balaban J connectivity index is 2.91. The van der Waals surface area contributed by atoms with E-state index < -0.39 is 0 Å². The van der Waals surface area contributed by atoms with Crippen molar-refractivity contribution in [2.45, 2.75) is 6.92 Å². The molecule has 0 aliphatic rings. The average molecular weight is 147 g/mol. The molecule has 0 bridgehead atoms. The minimum atomic E-state index is 0.0561. The van der Waals surface area contributed by atoms with Crippen LogP contribution in [0.1, 0.15) is 17.3 Å². The van der Waals surface area contributed by atoms with Crippen molar-refractivity contribution in [1.82, 2.24) is 0 Å². The van der Waals surface area contributed by atoms with E-state index in [1.807, 2.05) is 0 Å². The van der Waals surface area contributed by atoms with Crippen LogP contribution in [0, 0.1) is 0 Å². The van der Waals surface area contributed by atoms with E-state index in [1.165, 1.54) is 6.92 Å². The lowest BCUT2D eigenvalue weighted by atomic mass is 10.1. The van der Waals surface area contributed by atoms with Gasteiger partial charge in [0.1, 0.15) is 0 Å². The lowest BCUT2D eigenvalue weighted by Gasteiger charge is -1.99. The van der Waals surface area contributed by atoms with Gasteiger partial charge in [-0.2, -0.15) is 0 Å². The third-order valence-electron chi connectivity index (χ3n) is 1.43. The van der Waals surface area contributed by atoms with Gasteiger partial charge in [0.05, 0.1) is 5.75 Å². The van der Waals surface area contributed by atoms with E-state index >= 15 is 0 Å². The number of rotatable bonds is 2. The average Bonchev–Trinajstić information content (AvgIpc) is 2.05. The highest BCUT2D eigenvalue weighted by molar-refractivity contribution is 6.00. The Labute approximate surface area is 66.6 Å². The summed E-state index contributed by atoms with van der Waals surface area (Å²) >= 11 is 0. The molecule has 55 valence electrons. The highest BCUT2D eigenvalue weighted by Gasteiger charge is 1.96. The van der Waals surface area contributed by atoms with Gasteiger partial charge in [-0.05, 0) is 31.2 Å². The summed E-state index contributed by atoms with van der Waals surface area (Å²) in [5, 5.41) is 0. The first-order valence-electron chi connectivity index (χ1n) is 3.27. The van der Waals surface area contributed by atoms with E-state index in [0.717, 1.165) is 0 Å². The van der Waals surface area contributed by atoms with Crippen LogP contribution in [0.3, 0.4) is 0 Å². The molecule has 3 heteroatoms. The molecule has 0 unspecified atom stereocenters. The number of ketones is 1. The third-order valence-corrected chi connectivity index (χ3v) is 1.43. The van der Waals surface area contributed by atoms with Gasteiger partial charge in [-0.15, -0.1) is 0 Å². The summed E-state index contributed by atoms with van der Waals surface area (Å²) in [6.07, 6.45) is 0. The van der Waals surface area contributed by atoms with Crippen LogP contribution in [0.4, 0.5) is 0 Å². The van der Waals surface area contributed by atoms with Crippen molar-refractivity contribution in [2.24, 2.45) is 0 Å². The van der Waals surface area contributed by atoms with E-state index in [9.17, 15) is 4.79 Å². The van der Waals surface area contributed by atoms with Gasteiger partial charge in [-0.1, -0.05) is 0 Å². The number of benzene rings is 1. The molecule has 11 heavy (non-hydrogen) atoms. The number of carbonyl (C=O) groups excluding carboxylic acids is 1. The fourth-order valence-electron chi connectivity index (χ4n) is 0.786. The van der Waals surface area contributed by atoms with Gasteiger partial charge in [0.15, 0.2) is 5.78 Å². The molecule has 1 radical (unpaired) electrons. The first-order valence-corrected chi connectivity index (χ1v) is 3.27. The van der Waals surface area contributed by atoms with Crippen molar-refractivity contribution < 1.29 is 9.45 Å². The molecule has 2 nitrogen and oxygen atoms in total. The minimum absolute atomic E-state index is 0.0561. The molecule has 0 aliphatic heterocycles. The van der Waals surface area contributed by atoms with E-state index in [4.69, 9.17) is 0 Å². The predicted molar refractivity (Wildman–Crippen MR) is 44.2 cm³/mol. The highest BCUT2D eigenvalue weighted by atomic mass is 16.4. The van der Waals surface area contributed by atoms with E-state index in [-0.39, 0.29) is 5.78 Å². The molecular weight excluding hydrogens is 139 g/mol. The van der Waals surface area contributed by atoms with Gasteiger partial charge in [0, 0.05) is 5.56 Å². The van der Waals surface area contributed by atoms with Crippen LogP contribution in [-0.4, -0.2) is 13.8 Å². The zero-order valence-electron chi connectivity index (χ0n) is 6.33. The molecule has 0 heterocycles. The van der Waals surface area contributed by atoms with Crippen LogP contribution in [0.2, 0.25) is 0 Å². The predicted octanol–water partition coefficient (Wildman–Crippen LogP) is 1.08. The van der Waals surface area contributed by atoms with Crippen molar-refractivity contribution >= 4 is 13.8 Å². The second-order valence-corrected chi connectivity index (χ2v) is 2.22. The second-order valence-electron chi connectivity index (χ2n) is 2.22. The Morgan fingerprint density at radius 3 is 2.27 bits per heavy atom. The van der Waals surface area contributed by atoms with Crippen LogP contribution < -0.4 is 4.65 Å². The maximum absolute atomic E-state index is 10.8.